The van der Waals surface area contributed by atoms with Gasteiger partial charge in [-0.3, -0.25) is 9.48 Å². The fourth-order valence-electron chi connectivity index (χ4n) is 3.33. The fraction of sp³-hybridized carbons (Fsp3) is 0.0455. The molecular weight excluding hydrogens is 492 g/mol. The third kappa shape index (κ3) is 4.65. The van der Waals surface area contributed by atoms with E-state index in [0.717, 1.165) is 5.56 Å². The number of nitrogens with zero attached hydrogens (tertiary/aromatic N) is 3. The molecule has 4 aromatic rings. The Balaban J connectivity index is 1.60. The van der Waals surface area contributed by atoms with Crippen molar-refractivity contribution in [1.82, 2.24) is 14.8 Å². The summed E-state index contributed by atoms with van der Waals surface area (Å²) in [5.74, 6) is -0.909. The molecule has 2 aromatic heterocycles. The molecule has 0 bridgehead atoms. The average molecular weight is 510 g/mol. The number of pyridine rings is 1. The fourth-order valence-corrected chi connectivity index (χ4v) is 3.55. The molecule has 0 aliphatic rings. The van der Waals surface area contributed by atoms with Crippen molar-refractivity contribution in [2.24, 2.45) is 7.05 Å². The zero-order chi connectivity index (χ0) is 23.7. The van der Waals surface area contributed by atoms with Crippen molar-refractivity contribution < 1.29 is 19.2 Å². The van der Waals surface area contributed by atoms with Gasteiger partial charge in [0.15, 0.2) is 0 Å². The molecule has 0 aliphatic heterocycles. The minimum Gasteiger partial charge on any atom is -0.422 e. The normalized spacial score (nSPS) is 10.8. The second-order valence-corrected chi connectivity index (χ2v) is 8.07. The average Bonchev–Trinajstić information content (AvgIpc) is 3.18. The lowest BCUT2D eigenvalue weighted by atomic mass is 9.85. The highest BCUT2D eigenvalue weighted by Gasteiger charge is 2.19. The summed E-state index contributed by atoms with van der Waals surface area (Å²) in [6.07, 6.45) is 0. The van der Waals surface area contributed by atoms with Gasteiger partial charge in [0.1, 0.15) is 17.5 Å². The summed E-state index contributed by atoms with van der Waals surface area (Å²) < 4.78 is 17.2. The number of benzene rings is 2. The molecule has 0 saturated carbocycles. The maximum atomic E-state index is 15.2. The predicted molar refractivity (Wildman–Crippen MR) is 128 cm³/mol. The van der Waals surface area contributed by atoms with E-state index in [1.165, 1.54) is 10.7 Å². The first kappa shape index (κ1) is 22.7. The van der Waals surface area contributed by atoms with Gasteiger partial charge in [0.2, 0.25) is 0 Å². The Kier molecular flexibility index (Phi) is 6.27. The standard InChI is InChI=1S/C22H18BBrFN5O3/c1-30-18(23(32)33)11-17(29-30)13-7-5-12(6-8-13)14-3-2-4-15(20(14)25)22(31)28-19-10-9-16(24)21(26)27-19/h2-11,32-33H,1H3,(H3,26,27,28,31). The first-order valence-electron chi connectivity index (χ1n) is 9.77. The number of amides is 1. The van der Waals surface area contributed by atoms with Crippen molar-refractivity contribution in [2.75, 3.05) is 11.1 Å². The molecule has 4 rings (SSSR count). The molecule has 2 heterocycles. The van der Waals surface area contributed by atoms with Crippen LogP contribution in [-0.4, -0.2) is 37.8 Å². The molecule has 0 aliphatic carbocycles. The second-order valence-electron chi connectivity index (χ2n) is 7.21. The van der Waals surface area contributed by atoms with Gasteiger partial charge in [0, 0.05) is 18.2 Å². The van der Waals surface area contributed by atoms with E-state index < -0.39 is 18.8 Å². The highest BCUT2D eigenvalue weighted by atomic mass is 79.9. The molecular formula is C22H18BBrFN5O3. The molecule has 0 spiro atoms. The molecule has 1 amide bonds. The molecule has 166 valence electrons. The van der Waals surface area contributed by atoms with Crippen LogP contribution in [-0.2, 0) is 7.05 Å². The number of aryl methyl sites for hydroxylation is 1. The van der Waals surface area contributed by atoms with Gasteiger partial charge in [0.25, 0.3) is 5.91 Å². The summed E-state index contributed by atoms with van der Waals surface area (Å²) >= 11 is 3.23. The highest BCUT2D eigenvalue weighted by Crippen LogP contribution is 2.28. The quantitative estimate of drug-likeness (QED) is 0.306. The van der Waals surface area contributed by atoms with Crippen LogP contribution in [0.1, 0.15) is 10.4 Å². The molecule has 33 heavy (non-hydrogen) atoms. The first-order chi connectivity index (χ1) is 15.7. The van der Waals surface area contributed by atoms with Crippen LogP contribution in [0, 0.1) is 5.82 Å². The number of hydrogen-bond donors (Lipinski definition) is 4. The Morgan fingerprint density at radius 3 is 2.45 bits per heavy atom. The van der Waals surface area contributed by atoms with Gasteiger partial charge in [-0.1, -0.05) is 36.4 Å². The third-order valence-electron chi connectivity index (χ3n) is 5.03. The number of carbonyl (C=O) groups is 1. The van der Waals surface area contributed by atoms with E-state index in [1.54, 1.807) is 61.6 Å². The van der Waals surface area contributed by atoms with E-state index >= 15 is 4.39 Å². The van der Waals surface area contributed by atoms with Gasteiger partial charge in [-0.05, 0) is 45.8 Å². The van der Waals surface area contributed by atoms with E-state index in [2.05, 4.69) is 31.3 Å². The number of anilines is 2. The van der Waals surface area contributed by atoms with E-state index in [1.807, 2.05) is 0 Å². The van der Waals surface area contributed by atoms with Crippen LogP contribution in [0.2, 0.25) is 0 Å². The highest BCUT2D eigenvalue weighted by molar-refractivity contribution is 9.10. The molecule has 0 radical (unpaired) electrons. The summed E-state index contributed by atoms with van der Waals surface area (Å²) in [5.41, 5.74) is 7.93. The summed E-state index contributed by atoms with van der Waals surface area (Å²) in [7, 11) is -0.0287. The maximum Gasteiger partial charge on any atom is 0.507 e. The van der Waals surface area contributed by atoms with E-state index in [0.29, 0.717) is 15.7 Å². The van der Waals surface area contributed by atoms with Gasteiger partial charge >= 0.3 is 7.12 Å². The minimum absolute atomic E-state index is 0.133. The van der Waals surface area contributed by atoms with Gasteiger partial charge in [-0.15, -0.1) is 0 Å². The number of nitrogens with two attached hydrogens (primary N) is 1. The molecule has 8 nitrogen and oxygen atoms in total. The maximum absolute atomic E-state index is 15.2. The lowest BCUT2D eigenvalue weighted by molar-refractivity contribution is 0.102. The molecule has 5 N–H and O–H groups in total. The number of aromatic nitrogens is 3. The van der Waals surface area contributed by atoms with E-state index in [4.69, 9.17) is 5.73 Å². The molecule has 0 unspecified atom stereocenters. The van der Waals surface area contributed by atoms with Crippen LogP contribution >= 0.6 is 15.9 Å². The summed E-state index contributed by atoms with van der Waals surface area (Å²) in [4.78, 5) is 16.7. The lowest BCUT2D eigenvalue weighted by Crippen LogP contribution is -2.35. The van der Waals surface area contributed by atoms with Gasteiger partial charge in [-0.2, -0.15) is 5.10 Å². The Morgan fingerprint density at radius 1 is 1.12 bits per heavy atom. The monoisotopic (exact) mass is 509 g/mol. The van der Waals surface area contributed by atoms with Crippen LogP contribution in [0.4, 0.5) is 16.0 Å². The Morgan fingerprint density at radius 2 is 1.82 bits per heavy atom. The summed E-state index contributed by atoms with van der Waals surface area (Å²) in [6.45, 7) is 0. The van der Waals surface area contributed by atoms with Crippen molar-refractivity contribution in [3.05, 3.63) is 76.5 Å². The van der Waals surface area contributed by atoms with Crippen molar-refractivity contribution in [3.8, 4) is 22.4 Å². The van der Waals surface area contributed by atoms with Crippen molar-refractivity contribution in [1.29, 1.82) is 0 Å². The van der Waals surface area contributed by atoms with Crippen molar-refractivity contribution in [3.63, 3.8) is 0 Å². The van der Waals surface area contributed by atoms with Crippen LogP contribution in [0.5, 0.6) is 0 Å². The molecule has 0 fully saturated rings. The molecule has 0 saturated heterocycles. The number of nitrogen functional groups attached to an aromatic ring is 1. The van der Waals surface area contributed by atoms with E-state index in [-0.39, 0.29) is 28.4 Å². The summed E-state index contributed by atoms with van der Waals surface area (Å²) in [5, 5.41) is 25.6. The Bertz CT molecular complexity index is 1340. The Labute approximate surface area is 197 Å². The predicted octanol–water partition coefficient (Wildman–Crippen LogP) is 2.57. The largest absolute Gasteiger partial charge is 0.507 e. The van der Waals surface area contributed by atoms with Crippen molar-refractivity contribution in [2.45, 2.75) is 0 Å². The lowest BCUT2D eigenvalue weighted by Gasteiger charge is -2.10. The topological polar surface area (TPSA) is 126 Å². The van der Waals surface area contributed by atoms with Gasteiger partial charge in [-0.25, -0.2) is 9.37 Å². The van der Waals surface area contributed by atoms with Crippen LogP contribution in [0.3, 0.4) is 0 Å². The summed E-state index contributed by atoms with van der Waals surface area (Å²) in [6, 6.07) is 16.2. The third-order valence-corrected chi connectivity index (χ3v) is 5.70. The van der Waals surface area contributed by atoms with Gasteiger partial charge < -0.3 is 21.1 Å². The van der Waals surface area contributed by atoms with Crippen LogP contribution < -0.4 is 16.6 Å². The first-order valence-corrected chi connectivity index (χ1v) is 10.6. The zero-order valence-electron chi connectivity index (χ0n) is 17.3. The number of nitrogens with one attached hydrogen (secondary N) is 1. The minimum atomic E-state index is -1.64. The zero-order valence-corrected chi connectivity index (χ0v) is 18.9. The smallest absolute Gasteiger partial charge is 0.422 e. The van der Waals surface area contributed by atoms with E-state index in [9.17, 15) is 14.8 Å². The molecule has 2 aromatic carbocycles. The number of rotatable bonds is 5. The molecule has 0 atom stereocenters. The van der Waals surface area contributed by atoms with Crippen LogP contribution in [0.25, 0.3) is 22.4 Å². The van der Waals surface area contributed by atoms with Gasteiger partial charge in [0.05, 0.1) is 21.3 Å². The van der Waals surface area contributed by atoms with Crippen LogP contribution in [0.15, 0.2) is 65.1 Å². The SMILES string of the molecule is Cn1nc(-c2ccc(-c3cccc(C(=O)Nc4ccc(Br)c(N)n4)c3F)cc2)cc1B(O)O. The Hall–Kier alpha value is -3.54. The van der Waals surface area contributed by atoms with Crippen molar-refractivity contribution >= 4 is 46.2 Å². The number of carbonyl (C=O) groups excluding carboxylic acids is 1. The number of hydrogen-bond acceptors (Lipinski definition) is 6. The molecule has 11 heteroatoms. The second kappa shape index (κ2) is 9.14. The number of halogens is 2.